The summed E-state index contributed by atoms with van der Waals surface area (Å²) in [6.07, 6.45) is 0.774. The molecule has 0 unspecified atom stereocenters. The van der Waals surface area contributed by atoms with Crippen LogP contribution in [0.3, 0.4) is 0 Å². The molecule has 1 aromatic rings. The predicted molar refractivity (Wildman–Crippen MR) is 67.6 cm³/mol. The molecule has 0 saturated carbocycles. The number of rotatable bonds is 3. The van der Waals surface area contributed by atoms with Crippen LogP contribution in [0.4, 0.5) is 5.69 Å². The smallest absolute Gasteiger partial charge is 0.251 e. The van der Waals surface area contributed by atoms with Crippen molar-refractivity contribution in [3.05, 3.63) is 29.3 Å². The molecular weight excluding hydrogens is 232 g/mol. The Morgan fingerprint density at radius 2 is 2.22 bits per heavy atom. The molecule has 2 rings (SSSR count). The highest BCUT2D eigenvalue weighted by molar-refractivity contribution is 5.97. The first kappa shape index (κ1) is 12.6. The molecule has 2 amide bonds. The van der Waals surface area contributed by atoms with Crippen LogP contribution in [0, 0.1) is 0 Å². The minimum atomic E-state index is -0.201. The van der Waals surface area contributed by atoms with Gasteiger partial charge in [-0.05, 0) is 30.2 Å². The number of nitrogens with one attached hydrogen (secondary N) is 1. The Hall–Kier alpha value is -1.88. The van der Waals surface area contributed by atoms with Gasteiger partial charge < -0.3 is 15.3 Å². The molecule has 0 aromatic heterocycles. The van der Waals surface area contributed by atoms with Crippen LogP contribution in [0.5, 0.6) is 0 Å². The maximum absolute atomic E-state index is 11.7. The number of carbonyl (C=O) groups excluding carboxylic acids is 2. The molecule has 18 heavy (non-hydrogen) atoms. The summed E-state index contributed by atoms with van der Waals surface area (Å²) in [5.41, 5.74) is 2.47. The monoisotopic (exact) mass is 248 g/mol. The number of hydrogen-bond acceptors (Lipinski definition) is 3. The van der Waals surface area contributed by atoms with E-state index in [2.05, 4.69) is 5.32 Å². The Labute approximate surface area is 105 Å². The van der Waals surface area contributed by atoms with E-state index in [0.717, 1.165) is 17.7 Å². The van der Waals surface area contributed by atoms with Crippen molar-refractivity contribution in [1.82, 2.24) is 5.32 Å². The van der Waals surface area contributed by atoms with Gasteiger partial charge in [0.15, 0.2) is 0 Å². The third-order valence-corrected chi connectivity index (χ3v) is 3.01. The van der Waals surface area contributed by atoms with E-state index in [4.69, 9.17) is 5.11 Å². The van der Waals surface area contributed by atoms with E-state index in [1.807, 2.05) is 6.07 Å². The fourth-order valence-corrected chi connectivity index (χ4v) is 2.14. The van der Waals surface area contributed by atoms with Crippen molar-refractivity contribution in [3.8, 4) is 0 Å². The van der Waals surface area contributed by atoms with Crippen molar-refractivity contribution in [2.45, 2.75) is 13.3 Å². The minimum absolute atomic E-state index is 0.0197. The Bertz CT molecular complexity index is 485. The largest absolute Gasteiger partial charge is 0.395 e. The van der Waals surface area contributed by atoms with Crippen LogP contribution in [0.15, 0.2) is 18.2 Å². The molecule has 1 heterocycles. The number of aliphatic hydroxyl groups is 1. The molecule has 0 atom stereocenters. The first-order chi connectivity index (χ1) is 8.63. The van der Waals surface area contributed by atoms with Gasteiger partial charge in [0.2, 0.25) is 5.91 Å². The summed E-state index contributed by atoms with van der Waals surface area (Å²) in [6, 6.07) is 5.31. The van der Waals surface area contributed by atoms with Crippen molar-refractivity contribution >= 4 is 17.5 Å². The van der Waals surface area contributed by atoms with E-state index in [0.29, 0.717) is 12.1 Å². The van der Waals surface area contributed by atoms with Crippen molar-refractivity contribution in [1.29, 1.82) is 0 Å². The number of benzene rings is 1. The van der Waals surface area contributed by atoms with Crippen molar-refractivity contribution < 1.29 is 14.7 Å². The van der Waals surface area contributed by atoms with Gasteiger partial charge in [0.25, 0.3) is 5.91 Å². The minimum Gasteiger partial charge on any atom is -0.395 e. The molecule has 5 heteroatoms. The van der Waals surface area contributed by atoms with Crippen LogP contribution in [-0.2, 0) is 11.2 Å². The van der Waals surface area contributed by atoms with Gasteiger partial charge >= 0.3 is 0 Å². The van der Waals surface area contributed by atoms with Gasteiger partial charge in [-0.25, -0.2) is 0 Å². The molecule has 1 aromatic carbocycles. The van der Waals surface area contributed by atoms with Gasteiger partial charge in [0, 0.05) is 31.3 Å². The number of amides is 2. The molecular formula is C13H16N2O3. The average molecular weight is 248 g/mol. The summed E-state index contributed by atoms with van der Waals surface area (Å²) in [4.78, 5) is 24.8. The predicted octanol–water partition coefficient (Wildman–Crippen LogP) is 0.318. The zero-order valence-corrected chi connectivity index (χ0v) is 10.3. The van der Waals surface area contributed by atoms with Crippen molar-refractivity contribution in [3.63, 3.8) is 0 Å². The average Bonchev–Trinajstić information content (AvgIpc) is 2.78. The third-order valence-electron chi connectivity index (χ3n) is 3.01. The molecule has 0 saturated heterocycles. The highest BCUT2D eigenvalue weighted by atomic mass is 16.3. The van der Waals surface area contributed by atoms with Gasteiger partial charge in [-0.3, -0.25) is 9.59 Å². The molecule has 96 valence electrons. The summed E-state index contributed by atoms with van der Waals surface area (Å²) in [7, 11) is 0. The summed E-state index contributed by atoms with van der Waals surface area (Å²) < 4.78 is 0. The summed E-state index contributed by atoms with van der Waals surface area (Å²) in [5, 5.41) is 11.3. The normalized spacial score (nSPS) is 13.3. The highest BCUT2D eigenvalue weighted by Crippen LogP contribution is 2.28. The van der Waals surface area contributed by atoms with Crippen LogP contribution < -0.4 is 10.2 Å². The number of anilines is 1. The Kier molecular flexibility index (Phi) is 3.62. The lowest BCUT2D eigenvalue weighted by molar-refractivity contribution is -0.116. The SMILES string of the molecule is CC(=O)N1CCc2cc(C(=O)NCCO)ccc21. The second-order valence-electron chi connectivity index (χ2n) is 4.24. The van der Waals surface area contributed by atoms with E-state index < -0.39 is 0 Å². The molecule has 0 radical (unpaired) electrons. The zero-order chi connectivity index (χ0) is 13.1. The molecule has 1 aliphatic heterocycles. The Balaban J connectivity index is 2.19. The van der Waals surface area contributed by atoms with Crippen LogP contribution >= 0.6 is 0 Å². The van der Waals surface area contributed by atoms with Crippen LogP contribution in [-0.4, -0.2) is 36.6 Å². The van der Waals surface area contributed by atoms with E-state index in [1.165, 1.54) is 6.92 Å². The lowest BCUT2D eigenvalue weighted by atomic mass is 10.1. The lowest BCUT2D eigenvalue weighted by Gasteiger charge is -2.14. The second-order valence-corrected chi connectivity index (χ2v) is 4.24. The Morgan fingerprint density at radius 3 is 2.89 bits per heavy atom. The van der Waals surface area contributed by atoms with Gasteiger partial charge in [0.1, 0.15) is 0 Å². The number of carbonyl (C=O) groups is 2. The molecule has 5 nitrogen and oxygen atoms in total. The fraction of sp³-hybridized carbons (Fsp3) is 0.385. The van der Waals surface area contributed by atoms with Crippen LogP contribution in [0.25, 0.3) is 0 Å². The first-order valence-corrected chi connectivity index (χ1v) is 5.93. The topological polar surface area (TPSA) is 69.6 Å². The van der Waals surface area contributed by atoms with Gasteiger partial charge in [-0.15, -0.1) is 0 Å². The fourth-order valence-electron chi connectivity index (χ4n) is 2.14. The van der Waals surface area contributed by atoms with Crippen LogP contribution in [0.1, 0.15) is 22.8 Å². The highest BCUT2D eigenvalue weighted by Gasteiger charge is 2.22. The molecule has 0 bridgehead atoms. The van der Waals surface area contributed by atoms with Gasteiger partial charge in [-0.1, -0.05) is 0 Å². The number of fused-ring (bicyclic) bond motifs is 1. The van der Waals surface area contributed by atoms with Gasteiger partial charge in [0.05, 0.1) is 6.61 Å². The number of hydrogen-bond donors (Lipinski definition) is 2. The van der Waals surface area contributed by atoms with E-state index in [-0.39, 0.29) is 25.0 Å². The standard InChI is InChI=1S/C13H16N2O3/c1-9(17)15-6-4-10-8-11(2-3-12(10)15)13(18)14-5-7-16/h2-3,8,16H,4-7H2,1H3,(H,14,18). The maximum Gasteiger partial charge on any atom is 0.251 e. The molecule has 1 aliphatic rings. The lowest BCUT2D eigenvalue weighted by Crippen LogP contribution is -2.27. The first-order valence-electron chi connectivity index (χ1n) is 5.93. The van der Waals surface area contributed by atoms with Crippen molar-refractivity contribution in [2.24, 2.45) is 0 Å². The number of nitrogens with zero attached hydrogens (tertiary/aromatic N) is 1. The maximum atomic E-state index is 11.7. The van der Waals surface area contributed by atoms with E-state index in [1.54, 1.807) is 17.0 Å². The molecule has 2 N–H and O–H groups in total. The Morgan fingerprint density at radius 1 is 1.44 bits per heavy atom. The number of aliphatic hydroxyl groups excluding tert-OH is 1. The second kappa shape index (κ2) is 5.18. The third kappa shape index (κ3) is 2.36. The van der Waals surface area contributed by atoms with Crippen molar-refractivity contribution in [2.75, 3.05) is 24.6 Å². The summed E-state index contributed by atoms with van der Waals surface area (Å²) in [6.45, 7) is 2.38. The van der Waals surface area contributed by atoms with E-state index >= 15 is 0 Å². The molecule has 0 spiro atoms. The summed E-state index contributed by atoms with van der Waals surface area (Å²) >= 11 is 0. The zero-order valence-electron chi connectivity index (χ0n) is 10.3. The molecule has 0 aliphatic carbocycles. The quantitative estimate of drug-likeness (QED) is 0.809. The van der Waals surface area contributed by atoms with Crippen LogP contribution in [0.2, 0.25) is 0 Å². The van der Waals surface area contributed by atoms with Gasteiger partial charge in [-0.2, -0.15) is 0 Å². The molecule has 0 fully saturated rings. The summed E-state index contributed by atoms with van der Waals surface area (Å²) in [5.74, 6) is -0.181. The van der Waals surface area contributed by atoms with E-state index in [9.17, 15) is 9.59 Å².